The fraction of sp³-hybridized carbons (Fsp3) is 0.474. The summed E-state index contributed by atoms with van der Waals surface area (Å²) in [5.74, 6) is -7.13. The van der Waals surface area contributed by atoms with Crippen LogP contribution in [-0.2, 0) is 14.4 Å². The molecule has 2 aromatic carbocycles. The molecule has 0 radical (unpaired) electrons. The van der Waals surface area contributed by atoms with Crippen molar-refractivity contribution in [2.24, 2.45) is 5.41 Å². The van der Waals surface area contributed by atoms with Gasteiger partial charge in [-0.2, -0.15) is 0 Å². The van der Waals surface area contributed by atoms with Crippen LogP contribution in [0, 0.1) is 5.41 Å². The van der Waals surface area contributed by atoms with Crippen LogP contribution in [0.15, 0.2) is 48.0 Å². The zero-order valence-corrected chi connectivity index (χ0v) is 29.8. The first kappa shape index (κ1) is 35.9. The summed E-state index contributed by atoms with van der Waals surface area (Å²) >= 11 is 6.13. The van der Waals surface area contributed by atoms with Gasteiger partial charge in [0.2, 0.25) is 17.7 Å². The summed E-state index contributed by atoms with van der Waals surface area (Å²) in [6.45, 7) is 4.59. The monoisotopic (exact) mass is 735 g/mol. The summed E-state index contributed by atoms with van der Waals surface area (Å²) in [5, 5.41) is 2.74. The third kappa shape index (κ3) is 6.53. The number of hydrogen-bond acceptors (Lipinski definition) is 7. The molecule has 3 saturated heterocycles. The molecule has 3 fully saturated rings. The number of carbonyl (C=O) groups excluding carboxylic acids is 6. The van der Waals surface area contributed by atoms with E-state index >= 15 is 8.78 Å². The van der Waals surface area contributed by atoms with Gasteiger partial charge in [-0.3, -0.25) is 43.9 Å². The third-order valence-corrected chi connectivity index (χ3v) is 11.4. The minimum atomic E-state index is -3.30. The Morgan fingerprint density at radius 1 is 0.846 bits per heavy atom. The first-order chi connectivity index (χ1) is 24.6. The zero-order chi connectivity index (χ0) is 37.1. The summed E-state index contributed by atoms with van der Waals surface area (Å²) in [7, 11) is 0. The average molecular weight is 736 g/mol. The minimum absolute atomic E-state index is 0.00593. The Bertz CT molecular complexity index is 1900. The fourth-order valence-electron chi connectivity index (χ4n) is 8.29. The number of likely N-dealkylation sites (tertiary alicyclic amines) is 1. The van der Waals surface area contributed by atoms with Gasteiger partial charge in [-0.15, -0.1) is 0 Å². The lowest BCUT2D eigenvalue weighted by Gasteiger charge is -2.46. The van der Waals surface area contributed by atoms with Gasteiger partial charge < -0.3 is 9.80 Å². The van der Waals surface area contributed by atoms with Gasteiger partial charge in [-0.1, -0.05) is 43.6 Å². The van der Waals surface area contributed by atoms with E-state index in [1.165, 1.54) is 18.2 Å². The van der Waals surface area contributed by atoms with Crippen LogP contribution in [0.1, 0.15) is 89.0 Å². The van der Waals surface area contributed by atoms with Crippen molar-refractivity contribution < 1.29 is 37.5 Å². The van der Waals surface area contributed by atoms with E-state index in [2.05, 4.69) is 19.2 Å². The number of benzene rings is 2. The molecule has 2 atom stereocenters. The van der Waals surface area contributed by atoms with Crippen LogP contribution in [0.2, 0.25) is 5.02 Å². The number of imide groups is 2. The molecule has 0 bridgehead atoms. The first-order valence-electron chi connectivity index (χ1n) is 17.7. The second-order valence-corrected chi connectivity index (χ2v) is 15.5. The van der Waals surface area contributed by atoms with Crippen molar-refractivity contribution in [2.75, 3.05) is 39.3 Å². The maximum Gasteiger partial charge on any atom is 0.280 e. The molecule has 1 N–H and O–H groups in total. The highest BCUT2D eigenvalue weighted by molar-refractivity contribution is 6.30. The molecule has 2 unspecified atom stereocenters. The molecule has 14 heteroatoms. The largest absolute Gasteiger partial charge is 0.336 e. The zero-order valence-electron chi connectivity index (χ0n) is 29.1. The highest BCUT2D eigenvalue weighted by Crippen LogP contribution is 2.44. The number of alkyl halides is 2. The van der Waals surface area contributed by atoms with E-state index in [9.17, 15) is 28.8 Å². The summed E-state index contributed by atoms with van der Waals surface area (Å²) in [6.07, 6.45) is 2.09. The van der Waals surface area contributed by atoms with Crippen LogP contribution < -0.4 is 5.32 Å². The van der Waals surface area contributed by atoms with Crippen molar-refractivity contribution in [1.82, 2.24) is 24.9 Å². The summed E-state index contributed by atoms with van der Waals surface area (Å²) in [4.78, 5) is 83.7. The fourth-order valence-corrected chi connectivity index (χ4v) is 8.42. The smallest absolute Gasteiger partial charge is 0.280 e. The number of fused-ring (bicyclic) bond motifs is 1. The summed E-state index contributed by atoms with van der Waals surface area (Å²) in [6, 6.07) is 9.20. The van der Waals surface area contributed by atoms with E-state index in [-0.39, 0.29) is 66.9 Å². The highest BCUT2D eigenvalue weighted by atomic mass is 35.5. The van der Waals surface area contributed by atoms with E-state index in [1.807, 2.05) is 24.3 Å². The van der Waals surface area contributed by atoms with Gasteiger partial charge in [0.1, 0.15) is 6.04 Å². The molecule has 4 heterocycles. The third-order valence-electron chi connectivity index (χ3n) is 11.1. The molecule has 6 amide bonds. The molecule has 52 heavy (non-hydrogen) atoms. The summed E-state index contributed by atoms with van der Waals surface area (Å²) in [5.41, 5.74) is 2.24. The van der Waals surface area contributed by atoms with Gasteiger partial charge in [-0.05, 0) is 72.9 Å². The lowest BCUT2D eigenvalue weighted by Crippen LogP contribution is -2.63. The number of piperidine rings is 2. The maximum atomic E-state index is 15.9. The van der Waals surface area contributed by atoms with Crippen molar-refractivity contribution in [1.29, 1.82) is 0 Å². The molecular formula is C38H40ClF2N5O6. The van der Waals surface area contributed by atoms with Crippen LogP contribution in [0.4, 0.5) is 8.78 Å². The van der Waals surface area contributed by atoms with Gasteiger partial charge in [0, 0.05) is 49.7 Å². The number of nitrogens with zero attached hydrogens (tertiary/aromatic N) is 4. The molecule has 0 aromatic heterocycles. The van der Waals surface area contributed by atoms with E-state index in [0.717, 1.165) is 39.4 Å². The number of allylic oxidation sites excluding steroid dienone is 1. The number of nitrogens with one attached hydrogen (secondary N) is 1. The SMILES string of the molecule is CC1(C)CCC(C(=O)N2CCN(C3CCN(C(=O)c4cccc5c4C(=O)N(C4CCC(=O)NC4=O)C5=O)CC3(F)F)CC2)=C(c2ccc(Cl)cc2)C1. The Kier molecular flexibility index (Phi) is 9.31. The van der Waals surface area contributed by atoms with Crippen LogP contribution in [0.25, 0.3) is 5.57 Å². The molecule has 1 aliphatic carbocycles. The molecule has 0 spiro atoms. The van der Waals surface area contributed by atoms with Gasteiger partial charge >= 0.3 is 0 Å². The molecule has 7 rings (SSSR count). The number of hydrogen-bond donors (Lipinski definition) is 1. The first-order valence-corrected chi connectivity index (χ1v) is 18.1. The van der Waals surface area contributed by atoms with Gasteiger partial charge in [0.05, 0.1) is 29.3 Å². The van der Waals surface area contributed by atoms with Crippen molar-refractivity contribution in [3.8, 4) is 0 Å². The maximum absolute atomic E-state index is 15.9. The van der Waals surface area contributed by atoms with E-state index in [1.54, 1.807) is 9.80 Å². The number of halogens is 3. The van der Waals surface area contributed by atoms with Crippen molar-refractivity contribution in [3.63, 3.8) is 0 Å². The van der Waals surface area contributed by atoms with Crippen molar-refractivity contribution >= 4 is 52.6 Å². The number of carbonyl (C=O) groups is 6. The number of piperazine rings is 1. The van der Waals surface area contributed by atoms with Crippen molar-refractivity contribution in [2.45, 2.75) is 70.4 Å². The van der Waals surface area contributed by atoms with Gasteiger partial charge in [-0.25, -0.2) is 8.78 Å². The Morgan fingerprint density at radius 2 is 1.56 bits per heavy atom. The normalized spacial score (nSPS) is 25.0. The number of amides is 6. The molecule has 274 valence electrons. The topological polar surface area (TPSA) is 127 Å². The lowest BCUT2D eigenvalue weighted by molar-refractivity contribution is -0.138. The lowest BCUT2D eigenvalue weighted by atomic mass is 9.72. The van der Waals surface area contributed by atoms with E-state index in [0.29, 0.717) is 24.5 Å². The average Bonchev–Trinajstić information content (AvgIpc) is 3.36. The van der Waals surface area contributed by atoms with Gasteiger partial charge in [0.25, 0.3) is 23.6 Å². The van der Waals surface area contributed by atoms with Gasteiger partial charge in [0.15, 0.2) is 0 Å². The molecule has 4 aliphatic heterocycles. The Morgan fingerprint density at radius 3 is 2.23 bits per heavy atom. The predicted octanol–water partition coefficient (Wildman–Crippen LogP) is 4.40. The van der Waals surface area contributed by atoms with Crippen molar-refractivity contribution in [3.05, 3.63) is 75.3 Å². The van der Waals surface area contributed by atoms with Crippen LogP contribution in [-0.4, -0.2) is 112 Å². The molecule has 0 saturated carbocycles. The standard InChI is InChI=1S/C38H40ClF2N5O6/c1-37(2)14-12-24(27(20-37)22-6-8-23(39)9-7-22)33(49)44-18-16-43(17-19-44)29-13-15-45(21-38(29,40)41)34(50)25-4-3-5-26-31(25)36(52)46(35(26)51)28-10-11-30(47)42-32(28)48/h3-9,28-29H,10-21H2,1-2H3,(H,42,47,48). The van der Waals surface area contributed by atoms with E-state index in [4.69, 9.17) is 11.6 Å². The minimum Gasteiger partial charge on any atom is -0.336 e. The highest BCUT2D eigenvalue weighted by Gasteiger charge is 2.51. The summed E-state index contributed by atoms with van der Waals surface area (Å²) < 4.78 is 31.8. The molecule has 11 nitrogen and oxygen atoms in total. The Hall–Kier alpha value is -4.49. The second kappa shape index (κ2) is 13.5. The molecule has 5 aliphatic rings. The molecular weight excluding hydrogens is 696 g/mol. The number of rotatable bonds is 5. The van der Waals surface area contributed by atoms with Crippen LogP contribution in [0.5, 0.6) is 0 Å². The Labute approximate surface area is 304 Å². The quantitative estimate of drug-likeness (QED) is 0.452. The Balaban J connectivity index is 1.02. The predicted molar refractivity (Wildman–Crippen MR) is 187 cm³/mol. The van der Waals surface area contributed by atoms with Crippen LogP contribution in [0.3, 0.4) is 0 Å². The van der Waals surface area contributed by atoms with Crippen LogP contribution >= 0.6 is 11.6 Å². The molecule has 2 aromatic rings. The second-order valence-electron chi connectivity index (χ2n) is 15.1. The van der Waals surface area contributed by atoms with E-state index < -0.39 is 54.1 Å².